The van der Waals surface area contributed by atoms with Crippen LogP contribution in [0.1, 0.15) is 55.0 Å². The predicted molar refractivity (Wildman–Crippen MR) is 220 cm³/mol. The Labute approximate surface area is 353 Å². The Morgan fingerprint density at radius 2 is 1.35 bits per heavy atom. The van der Waals surface area contributed by atoms with Gasteiger partial charge in [-0.25, -0.2) is 4.57 Å². The maximum Gasteiger partial charge on any atom is 0.530 e. The van der Waals surface area contributed by atoms with Crippen LogP contribution < -0.4 is 23.5 Å². The summed E-state index contributed by atoms with van der Waals surface area (Å²) in [6.45, 7) is 2.06. The number of hydrogen-bond acceptors (Lipinski definition) is 13. The van der Waals surface area contributed by atoms with E-state index in [4.69, 9.17) is 53.6 Å². The highest BCUT2D eigenvalue weighted by atomic mass is 35.5. The van der Waals surface area contributed by atoms with E-state index in [1.165, 1.54) is 38.1 Å². The molecule has 0 spiro atoms. The molecule has 0 radical (unpaired) electrons. The first-order valence-electron chi connectivity index (χ1n) is 18.8. The smallest absolute Gasteiger partial charge is 0.497 e. The molecule has 1 unspecified atom stereocenters. The van der Waals surface area contributed by atoms with E-state index in [9.17, 15) is 19.4 Å². The van der Waals surface area contributed by atoms with Crippen LogP contribution in [0.5, 0.6) is 28.7 Å². The van der Waals surface area contributed by atoms with Crippen molar-refractivity contribution >= 4 is 31.4 Å². The Morgan fingerprint density at radius 3 is 1.92 bits per heavy atom. The van der Waals surface area contributed by atoms with E-state index in [-0.39, 0.29) is 43.3 Å². The molecule has 5 aromatic rings. The second kappa shape index (κ2) is 20.0. The number of phosphoric acid groups is 1. The van der Waals surface area contributed by atoms with Crippen LogP contribution in [-0.4, -0.2) is 51.6 Å². The summed E-state index contributed by atoms with van der Waals surface area (Å²) >= 11 is 6.11. The molecule has 1 aliphatic rings. The zero-order valence-electron chi connectivity index (χ0n) is 33.3. The number of nitriles is 1. The number of nitrogens with zero attached hydrogens (tertiary/aromatic N) is 1. The van der Waals surface area contributed by atoms with Crippen LogP contribution in [0, 0.1) is 11.3 Å². The van der Waals surface area contributed by atoms with E-state index in [2.05, 4.69) is 0 Å². The van der Waals surface area contributed by atoms with Gasteiger partial charge in [-0.1, -0.05) is 72.3 Å². The number of halogens is 1. The van der Waals surface area contributed by atoms with Crippen molar-refractivity contribution in [2.24, 2.45) is 0 Å². The second-order valence-electron chi connectivity index (χ2n) is 13.5. The van der Waals surface area contributed by atoms with Gasteiger partial charge in [0, 0.05) is 25.3 Å². The Bertz CT molecular complexity index is 2270. The van der Waals surface area contributed by atoms with Gasteiger partial charge in [0.25, 0.3) is 0 Å². The van der Waals surface area contributed by atoms with Crippen molar-refractivity contribution in [3.63, 3.8) is 0 Å². The normalized spacial score (nSPS) is 17.2. The summed E-state index contributed by atoms with van der Waals surface area (Å²) in [5.41, 5.74) is 1.57. The summed E-state index contributed by atoms with van der Waals surface area (Å²) in [5, 5.41) is 9.70. The van der Waals surface area contributed by atoms with Crippen molar-refractivity contribution < 1.29 is 56.1 Å². The molecule has 13 nitrogen and oxygen atoms in total. The quantitative estimate of drug-likeness (QED) is 0.0270. The molecule has 1 aliphatic heterocycles. The lowest BCUT2D eigenvalue weighted by atomic mass is 9.80. The molecule has 0 aliphatic carbocycles. The number of carbonyl (C=O) groups is 2. The number of phosphoric ester groups is 1. The summed E-state index contributed by atoms with van der Waals surface area (Å²) in [6, 6.07) is 37.5. The number of benzene rings is 5. The number of hydrogen-bond donors (Lipinski definition) is 0. The summed E-state index contributed by atoms with van der Waals surface area (Å²) in [6.07, 6.45) is -2.73. The highest BCUT2D eigenvalue weighted by Crippen LogP contribution is 2.54. The van der Waals surface area contributed by atoms with Gasteiger partial charge in [-0.15, -0.1) is 0 Å². The van der Waals surface area contributed by atoms with Crippen molar-refractivity contribution in [2.75, 3.05) is 27.4 Å². The number of methoxy groups -OCH3 is 2. The van der Waals surface area contributed by atoms with E-state index in [1.807, 2.05) is 84.9 Å². The zero-order chi connectivity index (χ0) is 42.7. The lowest BCUT2D eigenvalue weighted by molar-refractivity contribution is -0.134. The summed E-state index contributed by atoms with van der Waals surface area (Å²) < 4.78 is 68.1. The molecule has 0 amide bonds. The standard InChI is InChI=1S/C45H43ClNO12P/c1-30(48)55-40-24-11-32(27-42(40)56-31(2)49)41-28-43(59-60(50,54-26-8-25-47)58-39-22-16-36(46)17-23-39)44(57-41)29-53-45(33-9-6-5-7-10-33,34-12-18-37(51-3)19-13-34)35-14-20-38(52-4)21-15-35/h5-7,9-24,27,41,43-44H,8,26,28-29H2,1-4H3/t41-,43+,44-,60?/m1/s1. The van der Waals surface area contributed by atoms with Crippen molar-refractivity contribution in [1.29, 1.82) is 5.26 Å². The number of ether oxygens (including phenoxy) is 6. The topological polar surface area (TPSA) is 158 Å². The van der Waals surface area contributed by atoms with Crippen LogP contribution in [0.3, 0.4) is 0 Å². The van der Waals surface area contributed by atoms with Gasteiger partial charge in [0.2, 0.25) is 0 Å². The maximum absolute atomic E-state index is 14.6. The molecule has 1 fully saturated rings. The molecular formula is C45H43ClNO12P. The third-order valence-corrected chi connectivity index (χ3v) is 11.2. The Hall–Kier alpha value is -5.71. The summed E-state index contributed by atoms with van der Waals surface area (Å²) in [5.74, 6) is 0.224. The van der Waals surface area contributed by atoms with Crippen LogP contribution in [0.4, 0.5) is 0 Å². The Kier molecular flexibility index (Phi) is 14.6. The molecule has 0 aromatic heterocycles. The Balaban J connectivity index is 1.43. The van der Waals surface area contributed by atoms with Gasteiger partial charge < -0.3 is 32.9 Å². The van der Waals surface area contributed by atoms with E-state index in [1.54, 1.807) is 32.4 Å². The number of esters is 2. The minimum atomic E-state index is -4.48. The van der Waals surface area contributed by atoms with Crippen LogP contribution in [0.15, 0.2) is 121 Å². The number of rotatable bonds is 18. The molecule has 1 heterocycles. The lowest BCUT2D eigenvalue weighted by Gasteiger charge is -2.37. The van der Waals surface area contributed by atoms with E-state index < -0.39 is 43.7 Å². The first kappa shape index (κ1) is 43.9. The van der Waals surface area contributed by atoms with Crippen molar-refractivity contribution in [3.05, 3.63) is 149 Å². The number of carbonyl (C=O) groups excluding carboxylic acids is 2. The fourth-order valence-electron chi connectivity index (χ4n) is 6.74. The first-order chi connectivity index (χ1) is 28.9. The SMILES string of the molecule is COc1ccc(C(OC[C@H]2O[C@@H](c3ccc(OC(C)=O)c(OC(C)=O)c3)C[C@@H]2OP(=O)(OCCC#N)Oc2ccc(Cl)cc2)(c2ccccc2)c2ccc(OC)cc2)cc1. The predicted octanol–water partition coefficient (Wildman–Crippen LogP) is 9.55. The highest BCUT2D eigenvalue weighted by Gasteiger charge is 2.46. The molecular weight excluding hydrogens is 813 g/mol. The molecule has 6 rings (SSSR count). The largest absolute Gasteiger partial charge is 0.530 e. The molecule has 312 valence electrons. The van der Waals surface area contributed by atoms with Crippen LogP contribution in [0.25, 0.3) is 0 Å². The van der Waals surface area contributed by atoms with Crippen LogP contribution in [0.2, 0.25) is 5.02 Å². The lowest BCUT2D eigenvalue weighted by Crippen LogP contribution is -2.38. The molecule has 0 saturated carbocycles. The molecule has 1 saturated heterocycles. The van der Waals surface area contributed by atoms with Crippen LogP contribution >= 0.6 is 19.4 Å². The average Bonchev–Trinajstić information content (AvgIpc) is 3.64. The van der Waals surface area contributed by atoms with Gasteiger partial charge >= 0.3 is 19.8 Å². The fourth-order valence-corrected chi connectivity index (χ4v) is 8.27. The molecule has 60 heavy (non-hydrogen) atoms. The van der Waals surface area contributed by atoms with E-state index in [0.717, 1.165) is 16.7 Å². The first-order valence-corrected chi connectivity index (χ1v) is 20.7. The van der Waals surface area contributed by atoms with E-state index >= 15 is 0 Å². The second-order valence-corrected chi connectivity index (χ2v) is 15.5. The molecule has 5 aromatic carbocycles. The zero-order valence-corrected chi connectivity index (χ0v) is 34.9. The van der Waals surface area contributed by atoms with Gasteiger partial charge in [-0.05, 0) is 82.9 Å². The van der Waals surface area contributed by atoms with E-state index in [0.29, 0.717) is 22.1 Å². The fraction of sp³-hybridized carbons (Fsp3) is 0.267. The minimum Gasteiger partial charge on any atom is -0.497 e. The average molecular weight is 856 g/mol. The van der Waals surface area contributed by atoms with Gasteiger partial charge in [-0.3, -0.25) is 18.6 Å². The maximum atomic E-state index is 14.6. The molecule has 0 bridgehead atoms. The highest BCUT2D eigenvalue weighted by molar-refractivity contribution is 7.49. The molecule has 4 atom stereocenters. The minimum absolute atomic E-state index is 0.00495. The van der Waals surface area contributed by atoms with Crippen molar-refractivity contribution in [2.45, 2.75) is 50.6 Å². The third kappa shape index (κ3) is 10.7. The van der Waals surface area contributed by atoms with Crippen molar-refractivity contribution in [1.82, 2.24) is 0 Å². The van der Waals surface area contributed by atoms with Gasteiger partial charge in [0.1, 0.15) is 35.1 Å². The van der Waals surface area contributed by atoms with Crippen molar-refractivity contribution in [3.8, 4) is 34.8 Å². The van der Waals surface area contributed by atoms with Gasteiger partial charge in [-0.2, -0.15) is 5.26 Å². The summed E-state index contributed by atoms with van der Waals surface area (Å²) in [4.78, 5) is 24.0. The van der Waals surface area contributed by atoms with Gasteiger partial charge in [0.05, 0.1) is 46.0 Å². The van der Waals surface area contributed by atoms with Crippen LogP contribution in [-0.2, 0) is 38.3 Å². The monoisotopic (exact) mass is 855 g/mol. The molecule has 15 heteroatoms. The van der Waals surface area contributed by atoms with Gasteiger partial charge in [0.15, 0.2) is 11.5 Å². The molecule has 0 N–H and O–H groups in total. The third-order valence-electron chi connectivity index (χ3n) is 9.44. The Morgan fingerprint density at radius 1 is 0.783 bits per heavy atom. The summed E-state index contributed by atoms with van der Waals surface area (Å²) in [7, 11) is -1.31.